The van der Waals surface area contributed by atoms with Crippen LogP contribution in [0.25, 0.3) is 0 Å². The minimum Gasteiger partial charge on any atom is -0.480 e. The second kappa shape index (κ2) is 5.09. The van der Waals surface area contributed by atoms with Crippen LogP contribution in [0.2, 0.25) is 0 Å². The number of hydrogen-bond donors (Lipinski definition) is 1. The Morgan fingerprint density at radius 1 is 1.50 bits per heavy atom. The molecule has 4 heteroatoms. The molecule has 1 aromatic rings. The molecule has 0 radical (unpaired) electrons. The molecule has 0 spiro atoms. The highest BCUT2D eigenvalue weighted by molar-refractivity contribution is 5.67. The molecule has 1 N–H and O–H groups in total. The maximum absolute atomic E-state index is 10.3. The lowest BCUT2D eigenvalue weighted by Crippen LogP contribution is -2.21. The van der Waals surface area contributed by atoms with Gasteiger partial charge in [0.1, 0.15) is 12.7 Å². The summed E-state index contributed by atoms with van der Waals surface area (Å²) in [7, 11) is 0. The van der Waals surface area contributed by atoms with Gasteiger partial charge < -0.3 is 14.6 Å². The van der Waals surface area contributed by atoms with E-state index >= 15 is 0 Å². The minimum absolute atomic E-state index is 0.135. The van der Waals surface area contributed by atoms with E-state index in [2.05, 4.69) is 6.07 Å². The third kappa shape index (κ3) is 2.59. The SMILES string of the molecule is O=C(O)COCC1OCCc2ccccc21. The lowest BCUT2D eigenvalue weighted by Gasteiger charge is -2.25. The summed E-state index contributed by atoms with van der Waals surface area (Å²) < 4.78 is 10.6. The van der Waals surface area contributed by atoms with E-state index in [-0.39, 0.29) is 12.7 Å². The molecule has 0 bridgehead atoms. The standard InChI is InChI=1S/C12H14O4/c13-12(14)8-15-7-11-10-4-2-1-3-9(10)5-6-16-11/h1-4,11H,5-8H2,(H,13,14). The fourth-order valence-electron chi connectivity index (χ4n) is 1.87. The average molecular weight is 222 g/mol. The number of fused-ring (bicyclic) bond motifs is 1. The molecule has 1 aliphatic rings. The summed E-state index contributed by atoms with van der Waals surface area (Å²) in [5.74, 6) is -0.955. The first-order valence-electron chi connectivity index (χ1n) is 5.26. The molecule has 1 unspecified atom stereocenters. The third-order valence-electron chi connectivity index (χ3n) is 2.59. The van der Waals surface area contributed by atoms with E-state index in [0.29, 0.717) is 13.2 Å². The highest BCUT2D eigenvalue weighted by Gasteiger charge is 2.20. The quantitative estimate of drug-likeness (QED) is 0.836. The van der Waals surface area contributed by atoms with E-state index in [1.807, 2.05) is 18.2 Å². The van der Waals surface area contributed by atoms with Gasteiger partial charge in [0, 0.05) is 0 Å². The van der Waals surface area contributed by atoms with Crippen molar-refractivity contribution < 1.29 is 19.4 Å². The summed E-state index contributed by atoms with van der Waals surface area (Å²) >= 11 is 0. The van der Waals surface area contributed by atoms with Gasteiger partial charge in [-0.25, -0.2) is 4.79 Å². The second-order valence-electron chi connectivity index (χ2n) is 3.72. The van der Waals surface area contributed by atoms with Crippen molar-refractivity contribution in [2.45, 2.75) is 12.5 Å². The van der Waals surface area contributed by atoms with Gasteiger partial charge in [-0.15, -0.1) is 0 Å². The first kappa shape index (κ1) is 11.1. The van der Waals surface area contributed by atoms with Crippen LogP contribution in [0.1, 0.15) is 17.2 Å². The Kier molecular flexibility index (Phi) is 3.54. The van der Waals surface area contributed by atoms with Gasteiger partial charge in [-0.3, -0.25) is 0 Å². The van der Waals surface area contributed by atoms with Gasteiger partial charge in [-0.2, -0.15) is 0 Å². The van der Waals surface area contributed by atoms with Crippen molar-refractivity contribution in [3.63, 3.8) is 0 Å². The highest BCUT2D eigenvalue weighted by atomic mass is 16.5. The van der Waals surface area contributed by atoms with Crippen molar-refractivity contribution >= 4 is 5.97 Å². The van der Waals surface area contributed by atoms with E-state index in [1.165, 1.54) is 5.56 Å². The summed E-state index contributed by atoms with van der Waals surface area (Å²) in [5, 5.41) is 8.47. The molecule has 1 heterocycles. The molecule has 1 aliphatic heterocycles. The molecule has 1 atom stereocenters. The van der Waals surface area contributed by atoms with Gasteiger partial charge in [0.05, 0.1) is 13.2 Å². The number of carboxylic acid groups (broad SMARTS) is 1. The van der Waals surface area contributed by atoms with Crippen LogP contribution in [0.15, 0.2) is 24.3 Å². The molecule has 4 nitrogen and oxygen atoms in total. The molecule has 0 fully saturated rings. The number of carbonyl (C=O) groups is 1. The van der Waals surface area contributed by atoms with Gasteiger partial charge >= 0.3 is 5.97 Å². The number of benzene rings is 1. The summed E-state index contributed by atoms with van der Waals surface area (Å²) in [4.78, 5) is 10.3. The van der Waals surface area contributed by atoms with Gasteiger partial charge in [0.25, 0.3) is 0 Å². The first-order valence-corrected chi connectivity index (χ1v) is 5.26. The van der Waals surface area contributed by atoms with Crippen LogP contribution >= 0.6 is 0 Å². The van der Waals surface area contributed by atoms with Crippen molar-refractivity contribution in [2.24, 2.45) is 0 Å². The summed E-state index contributed by atoms with van der Waals surface area (Å²) in [5.41, 5.74) is 2.37. The van der Waals surface area contributed by atoms with E-state index in [0.717, 1.165) is 12.0 Å². The normalized spacial score (nSPS) is 19.1. The molecular formula is C12H14O4. The van der Waals surface area contributed by atoms with Crippen molar-refractivity contribution in [1.29, 1.82) is 0 Å². The number of aliphatic carboxylic acids is 1. The Bertz CT molecular complexity index is 375. The molecular weight excluding hydrogens is 208 g/mol. The van der Waals surface area contributed by atoms with Crippen LogP contribution in [0.5, 0.6) is 0 Å². The molecule has 16 heavy (non-hydrogen) atoms. The Morgan fingerprint density at radius 3 is 3.12 bits per heavy atom. The van der Waals surface area contributed by atoms with E-state index in [4.69, 9.17) is 14.6 Å². The monoisotopic (exact) mass is 222 g/mol. The molecule has 0 amide bonds. The smallest absolute Gasteiger partial charge is 0.329 e. The molecule has 86 valence electrons. The molecule has 0 aliphatic carbocycles. The topological polar surface area (TPSA) is 55.8 Å². The van der Waals surface area contributed by atoms with E-state index in [1.54, 1.807) is 0 Å². The van der Waals surface area contributed by atoms with Crippen molar-refractivity contribution in [2.75, 3.05) is 19.8 Å². The minimum atomic E-state index is -0.955. The molecule has 2 rings (SSSR count). The summed E-state index contributed by atoms with van der Waals surface area (Å²) in [6, 6.07) is 8.03. The zero-order valence-electron chi connectivity index (χ0n) is 8.89. The Labute approximate surface area is 93.8 Å². The fourth-order valence-corrected chi connectivity index (χ4v) is 1.87. The van der Waals surface area contributed by atoms with Crippen molar-refractivity contribution in [3.8, 4) is 0 Å². The summed E-state index contributed by atoms with van der Waals surface area (Å²) in [6.07, 6.45) is 0.773. The van der Waals surface area contributed by atoms with Gasteiger partial charge in [-0.05, 0) is 17.5 Å². The molecule has 0 saturated heterocycles. The Balaban J connectivity index is 1.99. The highest BCUT2D eigenvalue weighted by Crippen LogP contribution is 2.26. The van der Waals surface area contributed by atoms with Crippen molar-refractivity contribution in [3.05, 3.63) is 35.4 Å². The summed E-state index contributed by atoms with van der Waals surface area (Å²) in [6.45, 7) is 0.684. The van der Waals surface area contributed by atoms with Crippen LogP contribution in [-0.2, 0) is 20.7 Å². The van der Waals surface area contributed by atoms with Crippen LogP contribution in [-0.4, -0.2) is 30.9 Å². The zero-order valence-corrected chi connectivity index (χ0v) is 8.89. The second-order valence-corrected chi connectivity index (χ2v) is 3.72. The predicted molar refractivity (Wildman–Crippen MR) is 57.3 cm³/mol. The first-order chi connectivity index (χ1) is 7.77. The molecule has 0 aromatic heterocycles. The van der Waals surface area contributed by atoms with Crippen LogP contribution < -0.4 is 0 Å². The van der Waals surface area contributed by atoms with E-state index in [9.17, 15) is 4.79 Å². The van der Waals surface area contributed by atoms with Gasteiger partial charge in [0.15, 0.2) is 0 Å². The van der Waals surface area contributed by atoms with Crippen LogP contribution in [0.3, 0.4) is 0 Å². The third-order valence-corrected chi connectivity index (χ3v) is 2.59. The fraction of sp³-hybridized carbons (Fsp3) is 0.417. The average Bonchev–Trinajstić information content (AvgIpc) is 2.29. The van der Waals surface area contributed by atoms with Gasteiger partial charge in [0.2, 0.25) is 0 Å². The number of carboxylic acids is 1. The molecule has 1 aromatic carbocycles. The molecule has 0 saturated carbocycles. The number of hydrogen-bond acceptors (Lipinski definition) is 3. The maximum atomic E-state index is 10.3. The van der Waals surface area contributed by atoms with Gasteiger partial charge in [-0.1, -0.05) is 24.3 Å². The van der Waals surface area contributed by atoms with E-state index < -0.39 is 5.97 Å². The number of ether oxygens (including phenoxy) is 2. The van der Waals surface area contributed by atoms with Crippen LogP contribution in [0, 0.1) is 0 Å². The lowest BCUT2D eigenvalue weighted by molar-refractivity contribution is -0.144. The largest absolute Gasteiger partial charge is 0.480 e. The van der Waals surface area contributed by atoms with Crippen molar-refractivity contribution in [1.82, 2.24) is 0 Å². The zero-order chi connectivity index (χ0) is 11.4. The maximum Gasteiger partial charge on any atom is 0.329 e. The Morgan fingerprint density at radius 2 is 2.31 bits per heavy atom. The number of rotatable bonds is 4. The Hall–Kier alpha value is -1.39. The lowest BCUT2D eigenvalue weighted by atomic mass is 9.98. The van der Waals surface area contributed by atoms with Crippen LogP contribution in [0.4, 0.5) is 0 Å². The predicted octanol–water partition coefficient (Wildman–Crippen LogP) is 1.40.